The van der Waals surface area contributed by atoms with Crippen LogP contribution in [0.2, 0.25) is 0 Å². The highest BCUT2D eigenvalue weighted by Gasteiger charge is 2.10. The second-order valence-corrected chi connectivity index (χ2v) is 6.79. The maximum Gasteiger partial charge on any atom is 0.338 e. The van der Waals surface area contributed by atoms with Gasteiger partial charge in [0, 0.05) is 23.7 Å². The van der Waals surface area contributed by atoms with E-state index in [0.717, 1.165) is 16.5 Å². The lowest BCUT2D eigenvalue weighted by Crippen LogP contribution is -2.27. The van der Waals surface area contributed by atoms with Gasteiger partial charge in [0.25, 0.3) is 5.91 Å². The molecule has 3 aromatic rings. The molecular weight excluding hydrogens is 340 g/mol. The molecular formula is C22H22N2O3. The number of benzene rings is 2. The summed E-state index contributed by atoms with van der Waals surface area (Å²) >= 11 is 0. The summed E-state index contributed by atoms with van der Waals surface area (Å²) in [5, 5.41) is 3.85. The summed E-state index contributed by atoms with van der Waals surface area (Å²) in [5.41, 5.74) is 2.52. The molecule has 0 aliphatic heterocycles. The first-order valence-corrected chi connectivity index (χ1v) is 8.92. The second kappa shape index (κ2) is 8.45. The van der Waals surface area contributed by atoms with Crippen LogP contribution in [-0.4, -0.2) is 23.4 Å². The number of rotatable bonds is 6. The topological polar surface area (TPSA) is 68.3 Å². The molecule has 0 unspecified atom stereocenters. The van der Waals surface area contributed by atoms with E-state index in [4.69, 9.17) is 4.74 Å². The number of fused-ring (bicyclic) bond motifs is 1. The number of aromatic nitrogens is 1. The normalized spacial score (nSPS) is 10.8. The summed E-state index contributed by atoms with van der Waals surface area (Å²) in [4.78, 5) is 28.7. The molecule has 1 amide bonds. The number of carbonyl (C=O) groups is 2. The Bertz CT molecular complexity index is 966. The summed E-state index contributed by atoms with van der Waals surface area (Å²) in [7, 11) is 0. The molecule has 27 heavy (non-hydrogen) atoms. The Hall–Kier alpha value is -3.21. The predicted octanol–water partition coefficient (Wildman–Crippen LogP) is 3.98. The molecule has 0 aliphatic carbocycles. The number of amides is 1. The van der Waals surface area contributed by atoms with E-state index in [1.54, 1.807) is 36.5 Å². The Labute approximate surface area is 158 Å². The van der Waals surface area contributed by atoms with Gasteiger partial charge in [0.2, 0.25) is 0 Å². The minimum absolute atomic E-state index is 0.102. The van der Waals surface area contributed by atoms with Gasteiger partial charge in [-0.05, 0) is 41.8 Å². The van der Waals surface area contributed by atoms with E-state index in [1.807, 2.05) is 38.1 Å². The van der Waals surface area contributed by atoms with Crippen molar-refractivity contribution < 1.29 is 14.3 Å². The molecule has 3 rings (SSSR count). The zero-order valence-corrected chi connectivity index (χ0v) is 15.4. The first-order valence-electron chi connectivity index (χ1n) is 8.92. The summed E-state index contributed by atoms with van der Waals surface area (Å²) in [5.74, 6) is -0.163. The van der Waals surface area contributed by atoms with Crippen molar-refractivity contribution in [2.75, 3.05) is 6.54 Å². The monoisotopic (exact) mass is 362 g/mol. The first-order chi connectivity index (χ1) is 13.0. The highest BCUT2D eigenvalue weighted by atomic mass is 16.5. The number of hydrogen-bond donors (Lipinski definition) is 1. The SMILES string of the molecule is CC(C)CNC(=O)c1cccc(COC(=O)c2ccc3cccnc3c2)c1. The lowest BCUT2D eigenvalue weighted by Gasteiger charge is -2.09. The Balaban J connectivity index is 1.64. The minimum atomic E-state index is -0.419. The maximum absolute atomic E-state index is 12.3. The van der Waals surface area contributed by atoms with Crippen LogP contribution in [-0.2, 0) is 11.3 Å². The number of nitrogens with zero attached hydrogens (tertiary/aromatic N) is 1. The minimum Gasteiger partial charge on any atom is -0.457 e. The lowest BCUT2D eigenvalue weighted by atomic mass is 10.1. The van der Waals surface area contributed by atoms with Crippen LogP contribution < -0.4 is 5.32 Å². The number of pyridine rings is 1. The maximum atomic E-state index is 12.3. The second-order valence-electron chi connectivity index (χ2n) is 6.79. The van der Waals surface area contributed by atoms with Gasteiger partial charge in [0.05, 0.1) is 11.1 Å². The van der Waals surface area contributed by atoms with Crippen molar-refractivity contribution in [3.05, 3.63) is 77.5 Å². The van der Waals surface area contributed by atoms with E-state index < -0.39 is 5.97 Å². The molecule has 0 atom stereocenters. The van der Waals surface area contributed by atoms with Crippen molar-refractivity contribution in [3.63, 3.8) is 0 Å². The highest BCUT2D eigenvalue weighted by molar-refractivity contribution is 5.95. The van der Waals surface area contributed by atoms with Gasteiger partial charge >= 0.3 is 5.97 Å². The van der Waals surface area contributed by atoms with Crippen LogP contribution in [0.15, 0.2) is 60.8 Å². The van der Waals surface area contributed by atoms with E-state index >= 15 is 0 Å². The number of ether oxygens (including phenoxy) is 1. The molecule has 1 N–H and O–H groups in total. The Morgan fingerprint density at radius 1 is 1.04 bits per heavy atom. The lowest BCUT2D eigenvalue weighted by molar-refractivity contribution is 0.0473. The Morgan fingerprint density at radius 3 is 2.70 bits per heavy atom. The smallest absolute Gasteiger partial charge is 0.338 e. The predicted molar refractivity (Wildman–Crippen MR) is 104 cm³/mol. The van der Waals surface area contributed by atoms with E-state index in [0.29, 0.717) is 23.6 Å². The third kappa shape index (κ3) is 4.91. The van der Waals surface area contributed by atoms with Crippen LogP contribution in [0.25, 0.3) is 10.9 Å². The summed E-state index contributed by atoms with van der Waals surface area (Å²) in [6.45, 7) is 4.80. The molecule has 1 aromatic heterocycles. The molecule has 0 saturated carbocycles. The zero-order valence-electron chi connectivity index (χ0n) is 15.4. The molecule has 5 heteroatoms. The van der Waals surface area contributed by atoms with Gasteiger partial charge in [-0.25, -0.2) is 4.79 Å². The molecule has 1 heterocycles. The molecule has 5 nitrogen and oxygen atoms in total. The van der Waals surface area contributed by atoms with Gasteiger partial charge in [-0.15, -0.1) is 0 Å². The van der Waals surface area contributed by atoms with Crippen LogP contribution >= 0.6 is 0 Å². The number of carbonyl (C=O) groups excluding carboxylic acids is 2. The molecule has 0 aliphatic rings. The third-order valence-electron chi connectivity index (χ3n) is 4.07. The quantitative estimate of drug-likeness (QED) is 0.674. The van der Waals surface area contributed by atoms with Crippen molar-refractivity contribution >= 4 is 22.8 Å². The van der Waals surface area contributed by atoms with Crippen LogP contribution in [0.4, 0.5) is 0 Å². The molecule has 0 saturated heterocycles. The van der Waals surface area contributed by atoms with Gasteiger partial charge in [0.15, 0.2) is 0 Å². The van der Waals surface area contributed by atoms with Crippen molar-refractivity contribution in [1.29, 1.82) is 0 Å². The van der Waals surface area contributed by atoms with Crippen molar-refractivity contribution in [2.24, 2.45) is 5.92 Å². The summed E-state index contributed by atoms with van der Waals surface area (Å²) in [6, 6.07) is 16.2. The van der Waals surface area contributed by atoms with Crippen LogP contribution in [0.5, 0.6) is 0 Å². The fourth-order valence-electron chi connectivity index (χ4n) is 2.63. The van der Waals surface area contributed by atoms with Crippen molar-refractivity contribution in [2.45, 2.75) is 20.5 Å². The van der Waals surface area contributed by atoms with E-state index in [-0.39, 0.29) is 12.5 Å². The first kappa shape index (κ1) is 18.6. The van der Waals surface area contributed by atoms with Crippen molar-refractivity contribution in [3.8, 4) is 0 Å². The van der Waals surface area contributed by atoms with E-state index in [1.165, 1.54) is 0 Å². The van der Waals surface area contributed by atoms with Gasteiger partial charge in [-0.2, -0.15) is 0 Å². The van der Waals surface area contributed by atoms with Gasteiger partial charge in [0.1, 0.15) is 6.61 Å². The summed E-state index contributed by atoms with van der Waals surface area (Å²) in [6.07, 6.45) is 1.69. The fourth-order valence-corrected chi connectivity index (χ4v) is 2.63. The molecule has 138 valence electrons. The highest BCUT2D eigenvalue weighted by Crippen LogP contribution is 2.15. The molecule has 2 aromatic carbocycles. The van der Waals surface area contributed by atoms with E-state index in [9.17, 15) is 9.59 Å². The number of nitrogens with one attached hydrogen (secondary N) is 1. The van der Waals surface area contributed by atoms with Crippen LogP contribution in [0.1, 0.15) is 40.1 Å². The van der Waals surface area contributed by atoms with Crippen LogP contribution in [0.3, 0.4) is 0 Å². The molecule has 0 spiro atoms. The third-order valence-corrected chi connectivity index (χ3v) is 4.07. The van der Waals surface area contributed by atoms with Crippen molar-refractivity contribution in [1.82, 2.24) is 10.3 Å². The zero-order chi connectivity index (χ0) is 19.2. The summed E-state index contributed by atoms with van der Waals surface area (Å²) < 4.78 is 5.40. The van der Waals surface area contributed by atoms with Gasteiger partial charge < -0.3 is 10.1 Å². The largest absolute Gasteiger partial charge is 0.457 e. The van der Waals surface area contributed by atoms with Gasteiger partial charge in [-0.3, -0.25) is 9.78 Å². The Morgan fingerprint density at radius 2 is 1.89 bits per heavy atom. The molecule has 0 fully saturated rings. The fraction of sp³-hybridized carbons (Fsp3) is 0.227. The average molecular weight is 362 g/mol. The molecule has 0 bridgehead atoms. The molecule has 0 radical (unpaired) electrons. The number of hydrogen-bond acceptors (Lipinski definition) is 4. The standard InChI is InChI=1S/C22H22N2O3/c1-15(2)13-24-21(25)18-6-3-5-16(11-18)14-27-22(26)19-9-8-17-7-4-10-23-20(17)12-19/h3-12,15H,13-14H2,1-2H3,(H,24,25). The van der Waals surface area contributed by atoms with Gasteiger partial charge in [-0.1, -0.05) is 38.1 Å². The van der Waals surface area contributed by atoms with E-state index in [2.05, 4.69) is 10.3 Å². The number of esters is 1. The Kier molecular flexibility index (Phi) is 5.81. The van der Waals surface area contributed by atoms with Crippen LogP contribution in [0, 0.1) is 5.92 Å². The average Bonchev–Trinajstić information content (AvgIpc) is 2.70.